The van der Waals surface area contributed by atoms with E-state index in [1.807, 2.05) is 32.0 Å². The van der Waals surface area contributed by atoms with Gasteiger partial charge in [0, 0.05) is 26.7 Å². The Morgan fingerprint density at radius 3 is 2.13 bits per heavy atom. The first-order chi connectivity index (χ1) is 14.2. The van der Waals surface area contributed by atoms with E-state index in [0.29, 0.717) is 26.7 Å². The van der Waals surface area contributed by atoms with Gasteiger partial charge in [0.05, 0.1) is 6.04 Å². The molecule has 1 N–H and O–H groups in total. The van der Waals surface area contributed by atoms with Crippen LogP contribution in [0.15, 0.2) is 73.3 Å². The minimum absolute atomic E-state index is 0.243. The molecule has 0 aliphatic carbocycles. The molecule has 4 rings (SSSR count). The number of hydrogen-bond acceptors (Lipinski definition) is 2. The maximum absolute atomic E-state index is 13.6. The van der Waals surface area contributed by atoms with Crippen molar-refractivity contribution < 1.29 is 9.90 Å². The Hall–Kier alpha value is -2.59. The van der Waals surface area contributed by atoms with Gasteiger partial charge in [-0.05, 0) is 55.3 Å². The number of fused-ring (bicyclic) bond motifs is 1. The lowest BCUT2D eigenvalue weighted by atomic mass is 9.91. The summed E-state index contributed by atoms with van der Waals surface area (Å²) < 4.78 is 0. The summed E-state index contributed by atoms with van der Waals surface area (Å²) in [4.78, 5) is 15.1. The number of hydrogen-bond donors (Lipinski definition) is 1. The third kappa shape index (κ3) is 3.24. The molecule has 0 saturated carbocycles. The van der Waals surface area contributed by atoms with E-state index < -0.39 is 11.8 Å². The fourth-order valence-electron chi connectivity index (χ4n) is 4.02. The van der Waals surface area contributed by atoms with Gasteiger partial charge in [0.25, 0.3) is 5.91 Å². The van der Waals surface area contributed by atoms with Crippen molar-refractivity contribution in [1.29, 1.82) is 0 Å². The first kappa shape index (κ1) is 20.7. The molecule has 5 heteroatoms. The minimum atomic E-state index is -1.64. The van der Waals surface area contributed by atoms with E-state index in [1.54, 1.807) is 48.5 Å². The van der Waals surface area contributed by atoms with E-state index in [9.17, 15) is 9.90 Å². The average Bonchev–Trinajstić information content (AvgIpc) is 2.96. The van der Waals surface area contributed by atoms with Crippen molar-refractivity contribution in [3.63, 3.8) is 0 Å². The lowest BCUT2D eigenvalue weighted by Gasteiger charge is -2.39. The van der Waals surface area contributed by atoms with Crippen molar-refractivity contribution in [3.8, 4) is 0 Å². The van der Waals surface area contributed by atoms with E-state index in [1.165, 1.54) is 4.90 Å². The topological polar surface area (TPSA) is 40.5 Å². The Bertz CT molecular complexity index is 1140. The van der Waals surface area contributed by atoms with Gasteiger partial charge in [0.2, 0.25) is 0 Å². The number of aliphatic hydroxyl groups is 1. The molecule has 0 radical (unpaired) electrons. The van der Waals surface area contributed by atoms with Crippen LogP contribution in [0.2, 0.25) is 10.0 Å². The predicted molar refractivity (Wildman–Crippen MR) is 122 cm³/mol. The molecule has 3 aromatic rings. The molecule has 0 bridgehead atoms. The van der Waals surface area contributed by atoms with E-state index in [0.717, 1.165) is 16.7 Å². The maximum atomic E-state index is 13.6. The number of carbonyl (C=O) groups is 1. The molecular formula is C25H21Cl2NO2. The predicted octanol–water partition coefficient (Wildman–Crippen LogP) is 6.44. The van der Waals surface area contributed by atoms with Crippen LogP contribution in [0, 0.1) is 0 Å². The number of nitrogens with zero attached hydrogens (tertiary/aromatic N) is 1. The van der Waals surface area contributed by atoms with Crippen molar-refractivity contribution in [2.24, 2.45) is 0 Å². The second-order valence-corrected chi connectivity index (χ2v) is 8.50. The van der Waals surface area contributed by atoms with Crippen LogP contribution >= 0.6 is 23.2 Å². The second-order valence-electron chi connectivity index (χ2n) is 7.62. The van der Waals surface area contributed by atoms with Gasteiger partial charge in [-0.2, -0.15) is 0 Å². The van der Waals surface area contributed by atoms with Gasteiger partial charge in [-0.3, -0.25) is 9.69 Å². The van der Waals surface area contributed by atoms with Crippen LogP contribution in [0.5, 0.6) is 0 Å². The molecule has 0 saturated heterocycles. The summed E-state index contributed by atoms with van der Waals surface area (Å²) in [6.07, 6.45) is 0. The van der Waals surface area contributed by atoms with Crippen LogP contribution in [0.4, 0.5) is 0 Å². The highest BCUT2D eigenvalue weighted by atomic mass is 35.5. The van der Waals surface area contributed by atoms with Crippen molar-refractivity contribution in [2.75, 3.05) is 0 Å². The molecule has 0 aromatic heterocycles. The smallest absolute Gasteiger partial charge is 0.257 e. The Morgan fingerprint density at radius 1 is 1.00 bits per heavy atom. The minimum Gasteiger partial charge on any atom is -0.363 e. The summed E-state index contributed by atoms with van der Waals surface area (Å²) in [6.45, 7) is 7.76. The normalized spacial score (nSPS) is 19.0. The van der Waals surface area contributed by atoms with Crippen LogP contribution in [-0.4, -0.2) is 15.9 Å². The maximum Gasteiger partial charge on any atom is 0.257 e. The SMILES string of the molecule is C=C(C)c1ccc2c(c1)C(=O)N([C@@H](C)c1ccc(Cl)cc1)C2(O)c1ccc(Cl)cc1. The van der Waals surface area contributed by atoms with Crippen molar-refractivity contribution in [1.82, 2.24) is 4.90 Å². The van der Waals surface area contributed by atoms with E-state index >= 15 is 0 Å². The molecule has 3 nitrogen and oxygen atoms in total. The number of halogens is 2. The number of amides is 1. The zero-order valence-electron chi connectivity index (χ0n) is 16.7. The Kier molecular flexibility index (Phi) is 5.23. The molecule has 1 heterocycles. The number of allylic oxidation sites excluding steroid dienone is 1. The van der Waals surface area contributed by atoms with Gasteiger partial charge in [0.15, 0.2) is 5.72 Å². The van der Waals surface area contributed by atoms with Gasteiger partial charge >= 0.3 is 0 Å². The molecule has 0 fully saturated rings. The number of carbonyl (C=O) groups excluding carboxylic acids is 1. The van der Waals surface area contributed by atoms with Crippen molar-refractivity contribution in [2.45, 2.75) is 25.6 Å². The molecule has 1 aliphatic heterocycles. The van der Waals surface area contributed by atoms with Crippen LogP contribution in [-0.2, 0) is 5.72 Å². The molecule has 30 heavy (non-hydrogen) atoms. The monoisotopic (exact) mass is 437 g/mol. The quantitative estimate of drug-likeness (QED) is 0.510. The van der Waals surface area contributed by atoms with E-state index in [2.05, 4.69) is 6.58 Å². The van der Waals surface area contributed by atoms with Gasteiger partial charge in [0.1, 0.15) is 0 Å². The zero-order chi connectivity index (χ0) is 21.6. The zero-order valence-corrected chi connectivity index (χ0v) is 18.2. The molecule has 2 atom stereocenters. The third-order valence-corrected chi connectivity index (χ3v) is 6.18. The second kappa shape index (κ2) is 7.59. The van der Waals surface area contributed by atoms with Gasteiger partial charge in [-0.15, -0.1) is 0 Å². The highest BCUT2D eigenvalue weighted by molar-refractivity contribution is 6.30. The Morgan fingerprint density at radius 2 is 1.57 bits per heavy atom. The van der Waals surface area contributed by atoms with E-state index in [-0.39, 0.29) is 5.91 Å². The largest absolute Gasteiger partial charge is 0.363 e. The van der Waals surface area contributed by atoms with Gasteiger partial charge in [-0.25, -0.2) is 0 Å². The highest BCUT2D eigenvalue weighted by Crippen LogP contribution is 2.47. The summed E-state index contributed by atoms with van der Waals surface area (Å²) in [5, 5.41) is 13.2. The summed E-state index contributed by atoms with van der Waals surface area (Å²) in [5.41, 5.74) is 2.53. The Labute approximate surface area is 186 Å². The van der Waals surface area contributed by atoms with Gasteiger partial charge < -0.3 is 5.11 Å². The molecule has 1 unspecified atom stereocenters. The molecule has 1 aliphatic rings. The lowest BCUT2D eigenvalue weighted by Crippen LogP contribution is -2.46. The van der Waals surface area contributed by atoms with Crippen LogP contribution in [0.3, 0.4) is 0 Å². The van der Waals surface area contributed by atoms with Crippen molar-refractivity contribution in [3.05, 3.63) is 111 Å². The molecule has 3 aromatic carbocycles. The number of rotatable bonds is 4. The summed E-state index contributed by atoms with van der Waals surface area (Å²) >= 11 is 12.1. The summed E-state index contributed by atoms with van der Waals surface area (Å²) in [6, 6.07) is 19.3. The van der Waals surface area contributed by atoms with Crippen LogP contribution in [0.1, 0.15) is 52.5 Å². The van der Waals surface area contributed by atoms with E-state index in [4.69, 9.17) is 23.2 Å². The first-order valence-corrected chi connectivity index (χ1v) is 10.4. The molecular weight excluding hydrogens is 417 g/mol. The summed E-state index contributed by atoms with van der Waals surface area (Å²) in [5.74, 6) is -0.243. The average molecular weight is 438 g/mol. The summed E-state index contributed by atoms with van der Waals surface area (Å²) in [7, 11) is 0. The Balaban J connectivity index is 1.92. The van der Waals surface area contributed by atoms with Crippen molar-refractivity contribution >= 4 is 34.7 Å². The van der Waals surface area contributed by atoms with Crippen LogP contribution in [0.25, 0.3) is 5.57 Å². The highest BCUT2D eigenvalue weighted by Gasteiger charge is 2.52. The molecule has 1 amide bonds. The third-order valence-electron chi connectivity index (χ3n) is 5.67. The molecule has 0 spiro atoms. The van der Waals surface area contributed by atoms with Crippen LogP contribution < -0.4 is 0 Å². The lowest BCUT2D eigenvalue weighted by molar-refractivity contribution is -0.0677. The first-order valence-electron chi connectivity index (χ1n) is 9.61. The van der Waals surface area contributed by atoms with Gasteiger partial charge in [-0.1, -0.05) is 71.8 Å². The number of benzene rings is 3. The molecule has 152 valence electrons. The fourth-order valence-corrected chi connectivity index (χ4v) is 4.27. The standard InChI is InChI=1S/C25H21Cl2NO2/c1-15(2)18-6-13-23-22(14-18)24(29)28(16(3)17-4-9-20(26)10-5-17)25(23,30)19-7-11-21(27)12-8-19/h4-14,16,30H,1H2,2-3H3/t16-,25?/m0/s1. The fraction of sp³-hybridized carbons (Fsp3) is 0.160.